The van der Waals surface area contributed by atoms with Gasteiger partial charge < -0.3 is 9.73 Å². The molecule has 0 bridgehead atoms. The molecule has 0 spiro atoms. The van der Waals surface area contributed by atoms with Crippen molar-refractivity contribution in [2.24, 2.45) is 0 Å². The molecule has 78 valence electrons. The van der Waals surface area contributed by atoms with Crippen LogP contribution in [-0.4, -0.2) is 18.3 Å². The number of nitrogens with one attached hydrogen (secondary N) is 1. The summed E-state index contributed by atoms with van der Waals surface area (Å²) in [5.41, 5.74) is 0. The molecule has 2 rings (SSSR count). The first-order valence-electron chi connectivity index (χ1n) is 5.21. The van der Waals surface area contributed by atoms with E-state index in [4.69, 9.17) is 4.42 Å². The number of hydrogen-bond donors (Lipinski definition) is 1. The topological polar surface area (TPSA) is 25.2 Å². The van der Waals surface area contributed by atoms with Crippen molar-refractivity contribution in [3.8, 4) is 0 Å². The molecule has 1 N–H and O–H groups in total. The van der Waals surface area contributed by atoms with Crippen molar-refractivity contribution in [3.05, 3.63) is 24.2 Å². The van der Waals surface area contributed by atoms with Gasteiger partial charge in [0, 0.05) is 11.3 Å². The van der Waals surface area contributed by atoms with Crippen molar-refractivity contribution >= 4 is 11.8 Å². The highest BCUT2D eigenvalue weighted by Crippen LogP contribution is 2.31. The van der Waals surface area contributed by atoms with E-state index in [1.807, 2.05) is 17.8 Å². The second kappa shape index (κ2) is 4.89. The van der Waals surface area contributed by atoms with Gasteiger partial charge in [-0.1, -0.05) is 6.42 Å². The van der Waals surface area contributed by atoms with Crippen molar-refractivity contribution in [2.45, 2.75) is 36.3 Å². The van der Waals surface area contributed by atoms with Crippen LogP contribution >= 0.6 is 11.8 Å². The van der Waals surface area contributed by atoms with Crippen LogP contribution in [-0.2, 0) is 5.75 Å². The second-order valence-electron chi connectivity index (χ2n) is 3.75. The fraction of sp³-hybridized carbons (Fsp3) is 0.636. The number of thioether (sulfide) groups is 1. The molecule has 0 aliphatic heterocycles. The van der Waals surface area contributed by atoms with E-state index < -0.39 is 0 Å². The highest BCUT2D eigenvalue weighted by molar-refractivity contribution is 7.99. The van der Waals surface area contributed by atoms with Gasteiger partial charge in [0.05, 0.1) is 12.0 Å². The molecule has 3 heteroatoms. The monoisotopic (exact) mass is 211 g/mol. The van der Waals surface area contributed by atoms with E-state index in [2.05, 4.69) is 18.4 Å². The molecule has 2 unspecified atom stereocenters. The zero-order chi connectivity index (χ0) is 9.80. The third-order valence-corrected chi connectivity index (χ3v) is 4.29. The molecule has 1 fully saturated rings. The van der Waals surface area contributed by atoms with Crippen LogP contribution in [0.15, 0.2) is 22.8 Å². The van der Waals surface area contributed by atoms with Gasteiger partial charge in [-0.3, -0.25) is 0 Å². The lowest BCUT2D eigenvalue weighted by Crippen LogP contribution is -2.30. The molecule has 2 atom stereocenters. The summed E-state index contributed by atoms with van der Waals surface area (Å²) >= 11 is 2.02. The minimum absolute atomic E-state index is 0.704. The summed E-state index contributed by atoms with van der Waals surface area (Å²) in [6.07, 6.45) is 5.78. The molecule has 0 aromatic carbocycles. The molecule has 1 aliphatic carbocycles. The molecule has 2 nitrogen and oxygen atoms in total. The van der Waals surface area contributed by atoms with E-state index in [-0.39, 0.29) is 0 Å². The second-order valence-corrected chi connectivity index (χ2v) is 4.98. The Morgan fingerprint density at radius 2 is 2.50 bits per heavy atom. The predicted octanol–water partition coefficient (Wildman–Crippen LogP) is 2.65. The van der Waals surface area contributed by atoms with Gasteiger partial charge in [0.15, 0.2) is 0 Å². The van der Waals surface area contributed by atoms with Crippen LogP contribution < -0.4 is 5.32 Å². The van der Waals surface area contributed by atoms with Crippen molar-refractivity contribution < 1.29 is 4.42 Å². The molecule has 1 aromatic rings. The van der Waals surface area contributed by atoms with Gasteiger partial charge in [-0.05, 0) is 32.0 Å². The Bertz CT molecular complexity index is 260. The minimum Gasteiger partial charge on any atom is -0.468 e. The number of hydrogen-bond acceptors (Lipinski definition) is 3. The molecule has 0 saturated heterocycles. The van der Waals surface area contributed by atoms with E-state index in [0.29, 0.717) is 6.04 Å². The van der Waals surface area contributed by atoms with Crippen LogP contribution in [0.3, 0.4) is 0 Å². The number of furan rings is 1. The van der Waals surface area contributed by atoms with Crippen molar-refractivity contribution in [1.82, 2.24) is 5.32 Å². The first kappa shape index (κ1) is 10.1. The van der Waals surface area contributed by atoms with Crippen molar-refractivity contribution in [2.75, 3.05) is 7.05 Å². The average molecular weight is 211 g/mol. The smallest absolute Gasteiger partial charge is 0.113 e. The summed E-state index contributed by atoms with van der Waals surface area (Å²) in [6, 6.07) is 4.71. The largest absolute Gasteiger partial charge is 0.468 e. The van der Waals surface area contributed by atoms with Crippen LogP contribution in [0.2, 0.25) is 0 Å². The molecular formula is C11H17NOS. The van der Waals surface area contributed by atoms with E-state index in [1.165, 1.54) is 19.3 Å². The molecule has 0 radical (unpaired) electrons. The fourth-order valence-electron chi connectivity index (χ4n) is 2.04. The van der Waals surface area contributed by atoms with Gasteiger partial charge in [-0.2, -0.15) is 0 Å². The van der Waals surface area contributed by atoms with Crippen LogP contribution in [0.5, 0.6) is 0 Å². The maximum absolute atomic E-state index is 5.32. The highest BCUT2D eigenvalue weighted by Gasteiger charge is 2.26. The number of rotatable bonds is 4. The zero-order valence-electron chi connectivity index (χ0n) is 8.53. The van der Waals surface area contributed by atoms with E-state index in [0.717, 1.165) is 16.8 Å². The Morgan fingerprint density at radius 3 is 3.21 bits per heavy atom. The maximum atomic E-state index is 5.32. The van der Waals surface area contributed by atoms with Gasteiger partial charge in [0.2, 0.25) is 0 Å². The zero-order valence-corrected chi connectivity index (χ0v) is 9.35. The third kappa shape index (κ3) is 2.34. The summed E-state index contributed by atoms with van der Waals surface area (Å²) in [7, 11) is 2.07. The minimum atomic E-state index is 0.704. The standard InChI is InChI=1S/C11H17NOS/c1-12-10-5-2-6-11(10)14-8-9-4-3-7-13-9/h3-4,7,10-12H,2,5-6,8H2,1H3. The molecule has 14 heavy (non-hydrogen) atoms. The Labute approximate surface area is 89.4 Å². The summed E-state index contributed by atoms with van der Waals surface area (Å²) in [6.45, 7) is 0. The quantitative estimate of drug-likeness (QED) is 0.829. The molecule has 0 amide bonds. The lowest BCUT2D eigenvalue weighted by atomic mass is 10.2. The maximum Gasteiger partial charge on any atom is 0.113 e. The van der Waals surface area contributed by atoms with Crippen LogP contribution in [0.4, 0.5) is 0 Å². The predicted molar refractivity (Wildman–Crippen MR) is 60.5 cm³/mol. The average Bonchev–Trinajstić information content (AvgIpc) is 2.85. The Balaban J connectivity index is 1.80. The van der Waals surface area contributed by atoms with Crippen LogP contribution in [0.1, 0.15) is 25.0 Å². The molecule has 1 aliphatic rings. The van der Waals surface area contributed by atoms with Crippen LogP contribution in [0.25, 0.3) is 0 Å². The lowest BCUT2D eigenvalue weighted by molar-refractivity contribution is 0.529. The summed E-state index contributed by atoms with van der Waals surface area (Å²) in [4.78, 5) is 0. The summed E-state index contributed by atoms with van der Waals surface area (Å²) < 4.78 is 5.32. The van der Waals surface area contributed by atoms with E-state index in [1.54, 1.807) is 6.26 Å². The first-order valence-corrected chi connectivity index (χ1v) is 6.26. The fourth-order valence-corrected chi connectivity index (χ4v) is 3.42. The Kier molecular flexibility index (Phi) is 3.54. The SMILES string of the molecule is CNC1CCCC1SCc1ccco1. The van der Waals surface area contributed by atoms with Gasteiger partial charge in [-0.25, -0.2) is 0 Å². The highest BCUT2D eigenvalue weighted by atomic mass is 32.2. The molecule has 1 saturated carbocycles. The van der Waals surface area contributed by atoms with E-state index >= 15 is 0 Å². The summed E-state index contributed by atoms with van der Waals surface area (Å²) in [5, 5.41) is 4.16. The van der Waals surface area contributed by atoms with E-state index in [9.17, 15) is 0 Å². The molecule has 1 aromatic heterocycles. The third-order valence-electron chi connectivity index (χ3n) is 2.84. The van der Waals surface area contributed by atoms with Gasteiger partial charge in [-0.15, -0.1) is 11.8 Å². The first-order chi connectivity index (χ1) is 6.90. The normalized spacial score (nSPS) is 26.9. The van der Waals surface area contributed by atoms with Gasteiger partial charge in [0.1, 0.15) is 5.76 Å². The van der Waals surface area contributed by atoms with Crippen molar-refractivity contribution in [1.29, 1.82) is 0 Å². The summed E-state index contributed by atoms with van der Waals surface area (Å²) in [5.74, 6) is 2.10. The Hall–Kier alpha value is -0.410. The molecular weight excluding hydrogens is 194 g/mol. The van der Waals surface area contributed by atoms with Gasteiger partial charge in [0.25, 0.3) is 0 Å². The van der Waals surface area contributed by atoms with Crippen molar-refractivity contribution in [3.63, 3.8) is 0 Å². The molecule has 1 heterocycles. The Morgan fingerprint density at radius 1 is 1.57 bits per heavy atom. The van der Waals surface area contributed by atoms with Gasteiger partial charge >= 0.3 is 0 Å². The lowest BCUT2D eigenvalue weighted by Gasteiger charge is -2.17. The van der Waals surface area contributed by atoms with Crippen LogP contribution in [0, 0.1) is 0 Å².